The van der Waals surface area contributed by atoms with E-state index in [1.165, 1.54) is 14.7 Å². The van der Waals surface area contributed by atoms with Gasteiger partial charge in [0.2, 0.25) is 0 Å². The highest BCUT2D eigenvalue weighted by molar-refractivity contribution is 14.1. The zero-order valence-corrected chi connectivity index (χ0v) is 12.8. The third kappa shape index (κ3) is 3.38. The Morgan fingerprint density at radius 1 is 1.43 bits per heavy atom. The molecule has 0 N–H and O–H groups in total. The maximum Gasteiger partial charge on any atom is 0.0474 e. The lowest BCUT2D eigenvalue weighted by Gasteiger charge is -2.10. The van der Waals surface area contributed by atoms with E-state index in [0.29, 0.717) is 11.8 Å². The van der Waals surface area contributed by atoms with Gasteiger partial charge in [-0.1, -0.05) is 19.9 Å². The molecule has 0 saturated heterocycles. The van der Waals surface area contributed by atoms with E-state index in [-0.39, 0.29) is 0 Å². The van der Waals surface area contributed by atoms with E-state index in [1.807, 2.05) is 0 Å². The molecule has 1 rings (SSSR count). The molecule has 0 radical (unpaired) electrons. The largest absolute Gasteiger partial charge is 0.122 e. The molecule has 0 spiro atoms. The van der Waals surface area contributed by atoms with Crippen molar-refractivity contribution in [1.29, 1.82) is 0 Å². The molecular formula is C11H13BrClI. The smallest absolute Gasteiger partial charge is 0.0474 e. The lowest BCUT2D eigenvalue weighted by Crippen LogP contribution is -1.98. The number of hydrogen-bond donors (Lipinski definition) is 0. The van der Waals surface area contributed by atoms with Crippen LogP contribution in [-0.2, 0) is 12.3 Å². The Morgan fingerprint density at radius 3 is 2.57 bits per heavy atom. The van der Waals surface area contributed by atoms with E-state index in [1.54, 1.807) is 0 Å². The Labute approximate surface area is 113 Å². The van der Waals surface area contributed by atoms with Crippen LogP contribution in [-0.4, -0.2) is 0 Å². The van der Waals surface area contributed by atoms with Crippen molar-refractivity contribution in [3.63, 3.8) is 0 Å². The number of alkyl halides is 1. The number of benzene rings is 1. The average molecular weight is 387 g/mol. The van der Waals surface area contributed by atoms with Crippen LogP contribution in [0.4, 0.5) is 0 Å². The monoisotopic (exact) mass is 386 g/mol. The molecule has 0 nitrogen and oxygen atoms in total. The second-order valence-electron chi connectivity index (χ2n) is 3.78. The van der Waals surface area contributed by atoms with Crippen molar-refractivity contribution in [1.82, 2.24) is 0 Å². The maximum atomic E-state index is 5.84. The molecule has 0 aliphatic heterocycles. The second-order valence-corrected chi connectivity index (χ2v) is 5.98. The standard InChI is InChI=1S/C11H13BrClI/c1-7(2)3-9-4-8(6-13)5-10(12)11(9)14/h4-5,7H,3,6H2,1-2H3. The first-order valence-corrected chi connectivity index (χ1v) is 6.98. The molecule has 0 aliphatic carbocycles. The van der Waals surface area contributed by atoms with Crippen molar-refractivity contribution in [3.05, 3.63) is 31.3 Å². The van der Waals surface area contributed by atoms with Crippen molar-refractivity contribution in [2.24, 2.45) is 5.92 Å². The molecule has 0 amide bonds. The average Bonchev–Trinajstić information content (AvgIpc) is 2.11. The first kappa shape index (κ1) is 12.8. The molecule has 1 aromatic carbocycles. The molecule has 0 unspecified atom stereocenters. The fourth-order valence-corrected chi connectivity index (χ4v) is 2.61. The summed E-state index contributed by atoms with van der Waals surface area (Å²) in [4.78, 5) is 0. The summed E-state index contributed by atoms with van der Waals surface area (Å²) in [5.41, 5.74) is 2.58. The Hall–Kier alpha value is 0.720. The van der Waals surface area contributed by atoms with Gasteiger partial charge in [-0.3, -0.25) is 0 Å². The van der Waals surface area contributed by atoms with E-state index in [0.717, 1.165) is 10.9 Å². The van der Waals surface area contributed by atoms with Gasteiger partial charge in [0.15, 0.2) is 0 Å². The molecule has 0 aromatic heterocycles. The normalized spacial score (nSPS) is 11.0. The summed E-state index contributed by atoms with van der Waals surface area (Å²) < 4.78 is 2.47. The van der Waals surface area contributed by atoms with E-state index in [4.69, 9.17) is 11.6 Å². The van der Waals surface area contributed by atoms with Gasteiger partial charge in [0.1, 0.15) is 0 Å². The van der Waals surface area contributed by atoms with Crippen molar-refractivity contribution in [2.45, 2.75) is 26.1 Å². The number of rotatable bonds is 3. The fourth-order valence-electron chi connectivity index (χ4n) is 1.37. The van der Waals surface area contributed by atoms with Crippen molar-refractivity contribution >= 4 is 50.1 Å². The summed E-state index contributed by atoms with van der Waals surface area (Å²) >= 11 is 11.8. The van der Waals surface area contributed by atoms with Crippen LogP contribution in [0.5, 0.6) is 0 Å². The topological polar surface area (TPSA) is 0 Å². The zero-order valence-electron chi connectivity index (χ0n) is 8.28. The molecule has 14 heavy (non-hydrogen) atoms. The molecule has 78 valence electrons. The lowest BCUT2D eigenvalue weighted by atomic mass is 10.0. The minimum atomic E-state index is 0.584. The fraction of sp³-hybridized carbons (Fsp3) is 0.455. The summed E-state index contributed by atoms with van der Waals surface area (Å²) in [5.74, 6) is 1.27. The molecule has 0 atom stereocenters. The van der Waals surface area contributed by atoms with Crippen molar-refractivity contribution in [3.8, 4) is 0 Å². The second kappa shape index (κ2) is 5.71. The van der Waals surface area contributed by atoms with Gasteiger partial charge in [-0.25, -0.2) is 0 Å². The van der Waals surface area contributed by atoms with Gasteiger partial charge in [-0.15, -0.1) is 11.6 Å². The third-order valence-electron chi connectivity index (χ3n) is 1.95. The lowest BCUT2D eigenvalue weighted by molar-refractivity contribution is 0.645. The summed E-state index contributed by atoms with van der Waals surface area (Å²) in [7, 11) is 0. The van der Waals surface area contributed by atoms with E-state index < -0.39 is 0 Å². The van der Waals surface area contributed by atoms with Crippen LogP contribution in [0.2, 0.25) is 0 Å². The van der Waals surface area contributed by atoms with Gasteiger partial charge < -0.3 is 0 Å². The third-order valence-corrected chi connectivity index (χ3v) is 4.89. The van der Waals surface area contributed by atoms with Crippen LogP contribution in [0.15, 0.2) is 16.6 Å². The van der Waals surface area contributed by atoms with E-state index >= 15 is 0 Å². The summed E-state index contributed by atoms with van der Waals surface area (Å²) in [5, 5.41) is 0. The van der Waals surface area contributed by atoms with Gasteiger partial charge in [0, 0.05) is 13.9 Å². The minimum Gasteiger partial charge on any atom is -0.122 e. The van der Waals surface area contributed by atoms with Gasteiger partial charge in [-0.05, 0) is 68.1 Å². The molecule has 0 saturated carbocycles. The van der Waals surface area contributed by atoms with Crippen LogP contribution >= 0.6 is 50.1 Å². The van der Waals surface area contributed by atoms with Gasteiger partial charge in [0.05, 0.1) is 0 Å². The van der Waals surface area contributed by atoms with E-state index in [2.05, 4.69) is 64.5 Å². The summed E-state index contributed by atoms with van der Waals surface area (Å²) in [6.07, 6.45) is 1.11. The van der Waals surface area contributed by atoms with Gasteiger partial charge >= 0.3 is 0 Å². The van der Waals surface area contributed by atoms with Crippen LogP contribution in [0, 0.1) is 9.49 Å². The van der Waals surface area contributed by atoms with Gasteiger partial charge in [-0.2, -0.15) is 0 Å². The van der Waals surface area contributed by atoms with Crippen LogP contribution in [0.1, 0.15) is 25.0 Å². The first-order chi connectivity index (χ1) is 6.54. The highest BCUT2D eigenvalue weighted by atomic mass is 127. The summed E-state index contributed by atoms with van der Waals surface area (Å²) in [6, 6.07) is 4.30. The predicted octanol–water partition coefficient (Wildman–Crippen LogP) is 4.99. The number of hydrogen-bond acceptors (Lipinski definition) is 0. The van der Waals surface area contributed by atoms with Crippen LogP contribution in [0.3, 0.4) is 0 Å². The van der Waals surface area contributed by atoms with Crippen LogP contribution in [0.25, 0.3) is 0 Å². The number of halogens is 3. The molecule has 0 heterocycles. The highest BCUT2D eigenvalue weighted by Crippen LogP contribution is 2.27. The summed E-state index contributed by atoms with van der Waals surface area (Å²) in [6.45, 7) is 4.47. The maximum absolute atomic E-state index is 5.84. The SMILES string of the molecule is CC(C)Cc1cc(CCl)cc(Br)c1I. The molecule has 0 fully saturated rings. The Balaban J connectivity index is 3.07. The Bertz CT molecular complexity index is 323. The molecular weight excluding hydrogens is 374 g/mol. The molecule has 1 aromatic rings. The Morgan fingerprint density at radius 2 is 2.07 bits per heavy atom. The van der Waals surface area contributed by atoms with Crippen molar-refractivity contribution in [2.75, 3.05) is 0 Å². The van der Waals surface area contributed by atoms with Crippen molar-refractivity contribution < 1.29 is 0 Å². The van der Waals surface area contributed by atoms with E-state index in [9.17, 15) is 0 Å². The zero-order chi connectivity index (χ0) is 10.7. The predicted molar refractivity (Wildman–Crippen MR) is 75.0 cm³/mol. The van der Waals surface area contributed by atoms with Gasteiger partial charge in [0.25, 0.3) is 0 Å². The Kier molecular flexibility index (Phi) is 5.21. The first-order valence-electron chi connectivity index (χ1n) is 4.57. The molecule has 3 heteroatoms. The quantitative estimate of drug-likeness (QED) is 0.506. The molecule has 0 bridgehead atoms. The minimum absolute atomic E-state index is 0.584. The van der Waals surface area contributed by atoms with Crippen LogP contribution < -0.4 is 0 Å². The molecule has 0 aliphatic rings. The highest BCUT2D eigenvalue weighted by Gasteiger charge is 2.07.